The molecule has 1 atom stereocenters. The summed E-state index contributed by atoms with van der Waals surface area (Å²) in [4.78, 5) is 0. The Labute approximate surface area is 109 Å². The molecule has 1 unspecified atom stereocenters. The number of hydrogen-bond acceptors (Lipinski definition) is 2. The van der Waals surface area contributed by atoms with Gasteiger partial charge in [-0.2, -0.15) is 5.10 Å². The van der Waals surface area contributed by atoms with Crippen molar-refractivity contribution >= 4 is 0 Å². The second-order valence-corrected chi connectivity index (χ2v) is 4.65. The van der Waals surface area contributed by atoms with E-state index in [1.165, 1.54) is 11.1 Å². The molecule has 1 N–H and O–H groups in total. The number of aryl methyl sites for hydroxylation is 1. The van der Waals surface area contributed by atoms with Crippen molar-refractivity contribution in [3.63, 3.8) is 0 Å². The molecule has 2 rings (SSSR count). The first-order valence-corrected chi connectivity index (χ1v) is 6.57. The van der Waals surface area contributed by atoms with E-state index >= 15 is 0 Å². The van der Waals surface area contributed by atoms with E-state index in [9.17, 15) is 0 Å². The van der Waals surface area contributed by atoms with Crippen molar-refractivity contribution < 1.29 is 0 Å². The third kappa shape index (κ3) is 3.44. The number of rotatable bonds is 6. The minimum Gasteiger partial charge on any atom is -0.308 e. The Morgan fingerprint density at radius 1 is 1.33 bits per heavy atom. The molecule has 0 spiro atoms. The van der Waals surface area contributed by atoms with Gasteiger partial charge in [0.05, 0.1) is 12.6 Å². The number of nitrogens with one attached hydrogen (secondary N) is 1. The summed E-state index contributed by atoms with van der Waals surface area (Å²) in [5, 5.41) is 7.88. The lowest BCUT2D eigenvalue weighted by atomic mass is 10.0. The molecule has 1 heterocycles. The van der Waals surface area contributed by atoms with Crippen LogP contribution in [0.2, 0.25) is 0 Å². The van der Waals surface area contributed by atoms with E-state index < -0.39 is 0 Å². The van der Waals surface area contributed by atoms with E-state index in [1.54, 1.807) is 0 Å². The number of benzene rings is 1. The van der Waals surface area contributed by atoms with Gasteiger partial charge in [0.25, 0.3) is 0 Å². The minimum absolute atomic E-state index is 0.324. The predicted molar refractivity (Wildman–Crippen MR) is 74.4 cm³/mol. The van der Waals surface area contributed by atoms with Crippen molar-refractivity contribution in [3.8, 4) is 0 Å². The zero-order valence-corrected chi connectivity index (χ0v) is 11.1. The lowest BCUT2D eigenvalue weighted by Crippen LogP contribution is -2.26. The van der Waals surface area contributed by atoms with Crippen LogP contribution in [0.25, 0.3) is 0 Å². The molecular formula is C15H21N3. The Kier molecular flexibility index (Phi) is 4.53. The molecular weight excluding hydrogens is 222 g/mol. The lowest BCUT2D eigenvalue weighted by Gasteiger charge is -2.19. The van der Waals surface area contributed by atoms with Crippen molar-refractivity contribution in [3.05, 3.63) is 53.9 Å². The average molecular weight is 243 g/mol. The van der Waals surface area contributed by atoms with Crippen LogP contribution in [-0.4, -0.2) is 16.3 Å². The lowest BCUT2D eigenvalue weighted by molar-refractivity contribution is 0.439. The summed E-state index contributed by atoms with van der Waals surface area (Å²) in [7, 11) is 0. The first-order chi connectivity index (χ1) is 8.79. The molecule has 0 amide bonds. The van der Waals surface area contributed by atoms with Crippen LogP contribution in [0.15, 0.2) is 42.7 Å². The normalized spacial score (nSPS) is 12.6. The van der Waals surface area contributed by atoms with Crippen LogP contribution in [0.5, 0.6) is 0 Å². The molecule has 0 radical (unpaired) electrons. The van der Waals surface area contributed by atoms with E-state index in [1.807, 2.05) is 23.1 Å². The van der Waals surface area contributed by atoms with Crippen LogP contribution in [0.3, 0.4) is 0 Å². The monoisotopic (exact) mass is 243 g/mol. The van der Waals surface area contributed by atoms with Crippen LogP contribution >= 0.6 is 0 Å². The number of nitrogens with zero attached hydrogens (tertiary/aromatic N) is 2. The SMILES string of the molecule is CCCNC(Cn1cccn1)c1cccc(C)c1. The number of aromatic nitrogens is 2. The summed E-state index contributed by atoms with van der Waals surface area (Å²) >= 11 is 0. The fourth-order valence-corrected chi connectivity index (χ4v) is 2.09. The van der Waals surface area contributed by atoms with Crippen molar-refractivity contribution in [2.24, 2.45) is 0 Å². The molecule has 1 aromatic carbocycles. The summed E-state index contributed by atoms with van der Waals surface area (Å²) < 4.78 is 1.98. The Morgan fingerprint density at radius 2 is 2.22 bits per heavy atom. The summed E-state index contributed by atoms with van der Waals surface area (Å²) in [6.45, 7) is 6.22. The van der Waals surface area contributed by atoms with Crippen LogP contribution in [0, 0.1) is 6.92 Å². The van der Waals surface area contributed by atoms with Crippen molar-refractivity contribution in [2.75, 3.05) is 6.54 Å². The molecule has 3 nitrogen and oxygen atoms in total. The average Bonchev–Trinajstić information content (AvgIpc) is 2.87. The van der Waals surface area contributed by atoms with Crippen molar-refractivity contribution in [2.45, 2.75) is 32.9 Å². The summed E-state index contributed by atoms with van der Waals surface area (Å²) in [6, 6.07) is 11.0. The van der Waals surface area contributed by atoms with Gasteiger partial charge in [-0.1, -0.05) is 36.8 Å². The van der Waals surface area contributed by atoms with Gasteiger partial charge in [0, 0.05) is 12.4 Å². The molecule has 0 saturated heterocycles. The van der Waals surface area contributed by atoms with Gasteiger partial charge in [-0.3, -0.25) is 4.68 Å². The maximum absolute atomic E-state index is 4.29. The van der Waals surface area contributed by atoms with Crippen LogP contribution in [0.1, 0.15) is 30.5 Å². The smallest absolute Gasteiger partial charge is 0.0604 e. The Balaban J connectivity index is 2.13. The van der Waals surface area contributed by atoms with Gasteiger partial charge in [-0.15, -0.1) is 0 Å². The fraction of sp³-hybridized carbons (Fsp3) is 0.400. The van der Waals surface area contributed by atoms with Gasteiger partial charge < -0.3 is 5.32 Å². The Hall–Kier alpha value is -1.61. The van der Waals surface area contributed by atoms with Gasteiger partial charge in [-0.05, 0) is 31.5 Å². The third-order valence-corrected chi connectivity index (χ3v) is 3.01. The molecule has 1 aromatic heterocycles. The highest BCUT2D eigenvalue weighted by atomic mass is 15.3. The Morgan fingerprint density at radius 3 is 2.89 bits per heavy atom. The standard InChI is InChI=1S/C15H21N3/c1-3-8-16-15(12-18-10-5-9-17-18)14-7-4-6-13(2)11-14/h4-7,9-11,15-16H,3,8,12H2,1-2H3. The van der Waals surface area contributed by atoms with E-state index in [0.717, 1.165) is 19.5 Å². The largest absolute Gasteiger partial charge is 0.308 e. The topological polar surface area (TPSA) is 29.9 Å². The summed E-state index contributed by atoms with van der Waals surface area (Å²) in [6.07, 6.45) is 4.98. The van der Waals surface area contributed by atoms with Crippen LogP contribution < -0.4 is 5.32 Å². The maximum atomic E-state index is 4.29. The molecule has 0 fully saturated rings. The molecule has 0 aliphatic heterocycles. The highest BCUT2D eigenvalue weighted by Gasteiger charge is 2.11. The van der Waals surface area contributed by atoms with E-state index in [0.29, 0.717) is 6.04 Å². The molecule has 3 heteroatoms. The van der Waals surface area contributed by atoms with Crippen molar-refractivity contribution in [1.82, 2.24) is 15.1 Å². The molecule has 0 aliphatic rings. The molecule has 0 saturated carbocycles. The second-order valence-electron chi connectivity index (χ2n) is 4.65. The van der Waals surface area contributed by atoms with Gasteiger partial charge >= 0.3 is 0 Å². The maximum Gasteiger partial charge on any atom is 0.0604 e. The van der Waals surface area contributed by atoms with Gasteiger partial charge in [0.2, 0.25) is 0 Å². The molecule has 0 aliphatic carbocycles. The summed E-state index contributed by atoms with van der Waals surface area (Å²) in [5.41, 5.74) is 2.63. The fourth-order valence-electron chi connectivity index (χ4n) is 2.09. The zero-order chi connectivity index (χ0) is 12.8. The molecule has 18 heavy (non-hydrogen) atoms. The molecule has 0 bridgehead atoms. The molecule has 96 valence electrons. The second kappa shape index (κ2) is 6.36. The van der Waals surface area contributed by atoms with Crippen LogP contribution in [-0.2, 0) is 6.54 Å². The van der Waals surface area contributed by atoms with Gasteiger partial charge in [0.1, 0.15) is 0 Å². The third-order valence-electron chi connectivity index (χ3n) is 3.01. The van der Waals surface area contributed by atoms with Gasteiger partial charge in [0.15, 0.2) is 0 Å². The summed E-state index contributed by atoms with van der Waals surface area (Å²) in [5.74, 6) is 0. The predicted octanol–water partition coefficient (Wildman–Crippen LogP) is 2.93. The molecule has 2 aromatic rings. The first kappa shape index (κ1) is 12.8. The van der Waals surface area contributed by atoms with Gasteiger partial charge in [-0.25, -0.2) is 0 Å². The van der Waals surface area contributed by atoms with E-state index in [4.69, 9.17) is 0 Å². The quantitative estimate of drug-likeness (QED) is 0.845. The minimum atomic E-state index is 0.324. The number of hydrogen-bond donors (Lipinski definition) is 1. The Bertz CT molecular complexity index is 462. The van der Waals surface area contributed by atoms with Crippen LogP contribution in [0.4, 0.5) is 0 Å². The highest BCUT2D eigenvalue weighted by Crippen LogP contribution is 2.16. The first-order valence-electron chi connectivity index (χ1n) is 6.57. The zero-order valence-electron chi connectivity index (χ0n) is 11.1. The van der Waals surface area contributed by atoms with E-state index in [2.05, 4.69) is 48.5 Å². The van der Waals surface area contributed by atoms with Crippen molar-refractivity contribution in [1.29, 1.82) is 0 Å². The highest BCUT2D eigenvalue weighted by molar-refractivity contribution is 5.25. The van der Waals surface area contributed by atoms with E-state index in [-0.39, 0.29) is 0 Å².